The van der Waals surface area contributed by atoms with Gasteiger partial charge in [0.15, 0.2) is 0 Å². The lowest BCUT2D eigenvalue weighted by Crippen LogP contribution is -1.80. The van der Waals surface area contributed by atoms with Crippen molar-refractivity contribution in [3.05, 3.63) is 60.7 Å². The lowest BCUT2D eigenvalue weighted by molar-refractivity contribution is 1.29. The topological polar surface area (TPSA) is 0 Å². The summed E-state index contributed by atoms with van der Waals surface area (Å²) < 4.78 is 0. The molecule has 0 fully saturated rings. The lowest BCUT2D eigenvalue weighted by Gasteiger charge is -1.99. The molecule has 0 saturated carbocycles. The van der Waals surface area contributed by atoms with Gasteiger partial charge in [-0.1, -0.05) is 42.5 Å². The summed E-state index contributed by atoms with van der Waals surface area (Å²) in [7, 11) is 0. The van der Waals surface area contributed by atoms with E-state index in [1.807, 2.05) is 24.3 Å². The van der Waals surface area contributed by atoms with Crippen LogP contribution in [0.5, 0.6) is 0 Å². The first kappa shape index (κ1) is 8.06. The van der Waals surface area contributed by atoms with Gasteiger partial charge < -0.3 is 0 Å². The van der Waals surface area contributed by atoms with E-state index in [0.717, 1.165) is 6.42 Å². The smallest absolute Gasteiger partial charge is 0.00962 e. The standard InChI is InChI=1S/C13H11/c1-2-5-11-8-9-12-6-3-4-7-13(12)10-11/h2-4,6-8,10H,1,5H2. The largest absolute Gasteiger partial charge is 0.103 e. The third kappa shape index (κ3) is 1.62. The molecule has 1 radical (unpaired) electrons. The summed E-state index contributed by atoms with van der Waals surface area (Å²) in [5.41, 5.74) is 1.27. The van der Waals surface area contributed by atoms with E-state index >= 15 is 0 Å². The van der Waals surface area contributed by atoms with Crippen LogP contribution in [0.15, 0.2) is 49.1 Å². The molecular formula is C13H11. The molecule has 0 nitrogen and oxygen atoms in total. The zero-order valence-corrected chi connectivity index (χ0v) is 7.46. The Labute approximate surface area is 78.5 Å². The van der Waals surface area contributed by atoms with Crippen molar-refractivity contribution in [3.63, 3.8) is 0 Å². The summed E-state index contributed by atoms with van der Waals surface area (Å²) in [4.78, 5) is 0. The first-order chi connectivity index (χ1) is 6.40. The van der Waals surface area contributed by atoms with Gasteiger partial charge in [0.2, 0.25) is 0 Å². The van der Waals surface area contributed by atoms with Gasteiger partial charge in [-0.05, 0) is 28.8 Å². The Morgan fingerprint density at radius 2 is 2.15 bits per heavy atom. The highest BCUT2D eigenvalue weighted by atomic mass is 14.0. The molecule has 0 atom stereocenters. The molecule has 2 aromatic rings. The number of fused-ring (bicyclic) bond motifs is 1. The number of hydrogen-bond donors (Lipinski definition) is 0. The fourth-order valence-corrected chi connectivity index (χ4v) is 1.45. The molecule has 2 aromatic carbocycles. The minimum absolute atomic E-state index is 0.918. The molecule has 0 heteroatoms. The van der Waals surface area contributed by atoms with Crippen molar-refractivity contribution < 1.29 is 0 Å². The highest BCUT2D eigenvalue weighted by molar-refractivity contribution is 5.82. The van der Waals surface area contributed by atoms with Crippen molar-refractivity contribution in [3.8, 4) is 0 Å². The van der Waals surface area contributed by atoms with Gasteiger partial charge in [0.25, 0.3) is 0 Å². The Bertz CT molecular complexity index is 427. The van der Waals surface area contributed by atoms with Gasteiger partial charge in [-0.15, -0.1) is 6.58 Å². The molecule has 2 rings (SSSR count). The normalized spacial score (nSPS) is 10.2. The maximum absolute atomic E-state index is 3.72. The minimum atomic E-state index is 0.918. The zero-order chi connectivity index (χ0) is 9.10. The second-order valence-corrected chi connectivity index (χ2v) is 3.09. The van der Waals surface area contributed by atoms with Crippen molar-refractivity contribution in [2.24, 2.45) is 0 Å². The van der Waals surface area contributed by atoms with E-state index < -0.39 is 0 Å². The van der Waals surface area contributed by atoms with Gasteiger partial charge in [0.05, 0.1) is 0 Å². The predicted octanol–water partition coefficient (Wildman–Crippen LogP) is 3.37. The van der Waals surface area contributed by atoms with E-state index in [2.05, 4.69) is 30.8 Å². The van der Waals surface area contributed by atoms with Gasteiger partial charge in [0.1, 0.15) is 0 Å². The molecule has 0 aliphatic heterocycles. The van der Waals surface area contributed by atoms with Crippen LogP contribution in [0.3, 0.4) is 0 Å². The summed E-state index contributed by atoms with van der Waals surface area (Å²) in [6.45, 7) is 3.72. The van der Waals surface area contributed by atoms with Crippen molar-refractivity contribution >= 4 is 10.8 Å². The summed E-state index contributed by atoms with van der Waals surface area (Å²) in [6, 6.07) is 15.7. The number of benzene rings is 2. The molecule has 13 heavy (non-hydrogen) atoms. The van der Waals surface area contributed by atoms with Crippen molar-refractivity contribution in [2.75, 3.05) is 0 Å². The summed E-state index contributed by atoms with van der Waals surface area (Å²) in [5.74, 6) is 0. The SMILES string of the molecule is C=CCc1c[c]c2ccccc2c1. The Balaban J connectivity index is 2.55. The maximum atomic E-state index is 3.72. The quantitative estimate of drug-likeness (QED) is 0.601. The van der Waals surface area contributed by atoms with Crippen LogP contribution < -0.4 is 0 Å². The van der Waals surface area contributed by atoms with E-state index in [4.69, 9.17) is 0 Å². The van der Waals surface area contributed by atoms with E-state index in [-0.39, 0.29) is 0 Å². The van der Waals surface area contributed by atoms with E-state index in [1.165, 1.54) is 16.3 Å². The van der Waals surface area contributed by atoms with Crippen LogP contribution in [-0.2, 0) is 6.42 Å². The van der Waals surface area contributed by atoms with Crippen LogP contribution in [0.4, 0.5) is 0 Å². The molecule has 0 saturated heterocycles. The highest BCUT2D eigenvalue weighted by Gasteiger charge is 1.93. The fourth-order valence-electron chi connectivity index (χ4n) is 1.45. The molecule has 0 unspecified atom stereocenters. The molecule has 0 spiro atoms. The monoisotopic (exact) mass is 167 g/mol. The predicted molar refractivity (Wildman–Crippen MR) is 56.7 cm³/mol. The van der Waals surface area contributed by atoms with Crippen LogP contribution >= 0.6 is 0 Å². The molecule has 0 bridgehead atoms. The van der Waals surface area contributed by atoms with Gasteiger partial charge in [-0.3, -0.25) is 0 Å². The second kappa shape index (κ2) is 3.44. The maximum Gasteiger partial charge on any atom is -0.00962 e. The first-order valence-electron chi connectivity index (χ1n) is 4.40. The Hall–Kier alpha value is -1.56. The van der Waals surface area contributed by atoms with E-state index in [9.17, 15) is 0 Å². The van der Waals surface area contributed by atoms with Gasteiger partial charge in [-0.2, -0.15) is 0 Å². The molecule has 63 valence electrons. The minimum Gasteiger partial charge on any atom is -0.103 e. The molecule has 0 aromatic heterocycles. The van der Waals surface area contributed by atoms with Crippen LogP contribution in [0, 0.1) is 6.07 Å². The third-order valence-corrected chi connectivity index (χ3v) is 2.09. The Morgan fingerprint density at radius 1 is 1.31 bits per heavy atom. The molecule has 0 heterocycles. The molecular weight excluding hydrogens is 156 g/mol. The van der Waals surface area contributed by atoms with Crippen LogP contribution in [0.25, 0.3) is 10.8 Å². The average Bonchev–Trinajstić information content (AvgIpc) is 2.18. The van der Waals surface area contributed by atoms with Crippen LogP contribution in [0.1, 0.15) is 5.56 Å². The second-order valence-electron chi connectivity index (χ2n) is 3.09. The van der Waals surface area contributed by atoms with Crippen molar-refractivity contribution in [2.45, 2.75) is 6.42 Å². The molecule has 0 aliphatic rings. The van der Waals surface area contributed by atoms with Crippen LogP contribution in [0.2, 0.25) is 0 Å². The summed E-state index contributed by atoms with van der Waals surface area (Å²) in [6.07, 6.45) is 2.83. The van der Waals surface area contributed by atoms with Gasteiger partial charge in [-0.25, -0.2) is 0 Å². The first-order valence-corrected chi connectivity index (χ1v) is 4.40. The Morgan fingerprint density at radius 3 is 3.00 bits per heavy atom. The van der Waals surface area contributed by atoms with Crippen molar-refractivity contribution in [1.82, 2.24) is 0 Å². The number of hydrogen-bond acceptors (Lipinski definition) is 0. The number of allylic oxidation sites excluding steroid dienone is 1. The Kier molecular flexibility index (Phi) is 2.13. The summed E-state index contributed by atoms with van der Waals surface area (Å²) >= 11 is 0. The van der Waals surface area contributed by atoms with Gasteiger partial charge >= 0.3 is 0 Å². The average molecular weight is 167 g/mol. The summed E-state index contributed by atoms with van der Waals surface area (Å²) in [5, 5.41) is 2.43. The highest BCUT2D eigenvalue weighted by Crippen LogP contribution is 2.15. The van der Waals surface area contributed by atoms with E-state index in [1.54, 1.807) is 0 Å². The van der Waals surface area contributed by atoms with Crippen molar-refractivity contribution in [1.29, 1.82) is 0 Å². The third-order valence-electron chi connectivity index (χ3n) is 2.09. The molecule has 0 amide bonds. The molecule has 0 aliphatic carbocycles. The fraction of sp³-hybridized carbons (Fsp3) is 0.0769. The van der Waals surface area contributed by atoms with Gasteiger partial charge in [0, 0.05) is 0 Å². The zero-order valence-electron chi connectivity index (χ0n) is 7.46. The van der Waals surface area contributed by atoms with E-state index in [0.29, 0.717) is 0 Å². The number of rotatable bonds is 2. The lowest BCUT2D eigenvalue weighted by atomic mass is 10.1. The van der Waals surface area contributed by atoms with Crippen LogP contribution in [-0.4, -0.2) is 0 Å². The molecule has 0 N–H and O–H groups in total.